The molecule has 21 heavy (non-hydrogen) atoms. The highest BCUT2D eigenvalue weighted by Gasteiger charge is 2.27. The van der Waals surface area contributed by atoms with Crippen LogP contribution < -0.4 is 5.73 Å². The lowest BCUT2D eigenvalue weighted by Crippen LogP contribution is -2.27. The highest BCUT2D eigenvalue weighted by atomic mass is 35.5. The number of rotatable bonds is 4. The zero-order valence-corrected chi connectivity index (χ0v) is 12.1. The van der Waals surface area contributed by atoms with Gasteiger partial charge < -0.3 is 10.2 Å². The van der Waals surface area contributed by atoms with Gasteiger partial charge in [-0.1, -0.05) is 11.6 Å². The zero-order valence-electron chi connectivity index (χ0n) is 11.3. The molecule has 0 spiro atoms. The summed E-state index contributed by atoms with van der Waals surface area (Å²) in [4.78, 5) is 13.2. The lowest BCUT2D eigenvalue weighted by atomic mass is 10.1. The van der Waals surface area contributed by atoms with Crippen molar-refractivity contribution in [1.29, 1.82) is 0 Å². The number of nitrogens with two attached hydrogens (primary N) is 1. The number of aromatic nitrogens is 2. The van der Waals surface area contributed by atoms with E-state index in [1.807, 2.05) is 12.1 Å². The molecule has 3 rings (SSSR count). The number of amides is 1. The van der Waals surface area contributed by atoms with Crippen molar-refractivity contribution in [2.75, 3.05) is 13.1 Å². The van der Waals surface area contributed by atoms with Gasteiger partial charge in [0.1, 0.15) is 0 Å². The van der Waals surface area contributed by atoms with Crippen molar-refractivity contribution >= 4 is 17.5 Å². The number of hydrogen-bond acceptors (Lipinski definition) is 5. The summed E-state index contributed by atoms with van der Waals surface area (Å²) < 4.78 is 5.64. The van der Waals surface area contributed by atoms with Crippen LogP contribution in [-0.4, -0.2) is 34.1 Å². The molecule has 110 valence electrons. The number of hydrogen-bond donors (Lipinski definition) is 1. The van der Waals surface area contributed by atoms with Crippen LogP contribution in [0.1, 0.15) is 12.3 Å². The highest BCUT2D eigenvalue weighted by molar-refractivity contribution is 6.30. The van der Waals surface area contributed by atoms with Gasteiger partial charge in [-0.15, -0.1) is 10.2 Å². The van der Waals surface area contributed by atoms with E-state index in [1.54, 1.807) is 12.1 Å². The molecule has 1 aromatic heterocycles. The maximum Gasteiger partial charge on any atom is 0.247 e. The van der Waals surface area contributed by atoms with Crippen LogP contribution in [0.25, 0.3) is 11.5 Å². The summed E-state index contributed by atoms with van der Waals surface area (Å²) in [7, 11) is 0. The second-order valence-electron chi connectivity index (χ2n) is 5.13. The first-order valence-corrected chi connectivity index (χ1v) is 7.09. The van der Waals surface area contributed by atoms with E-state index in [1.165, 1.54) is 0 Å². The monoisotopic (exact) mass is 306 g/mol. The molecule has 1 aliphatic rings. The summed E-state index contributed by atoms with van der Waals surface area (Å²) in [6, 6.07) is 7.22. The number of carbonyl (C=O) groups excluding carboxylic acids is 1. The number of likely N-dealkylation sites (tertiary alicyclic amines) is 1. The predicted molar refractivity (Wildman–Crippen MR) is 77.3 cm³/mol. The van der Waals surface area contributed by atoms with Crippen molar-refractivity contribution in [3.05, 3.63) is 35.2 Å². The van der Waals surface area contributed by atoms with Gasteiger partial charge in [-0.2, -0.15) is 0 Å². The van der Waals surface area contributed by atoms with E-state index in [0.29, 0.717) is 29.9 Å². The Bertz CT molecular complexity index is 641. The normalized spacial score (nSPS) is 19.0. The van der Waals surface area contributed by atoms with E-state index in [2.05, 4.69) is 15.1 Å². The molecule has 0 radical (unpaired) electrons. The third-order valence-electron chi connectivity index (χ3n) is 3.59. The Morgan fingerprint density at radius 2 is 2.14 bits per heavy atom. The molecule has 1 aromatic carbocycles. The van der Waals surface area contributed by atoms with Gasteiger partial charge in [0.25, 0.3) is 0 Å². The fraction of sp³-hybridized carbons (Fsp3) is 0.357. The molecule has 1 saturated heterocycles. The van der Waals surface area contributed by atoms with Gasteiger partial charge in [0, 0.05) is 17.1 Å². The second-order valence-corrected chi connectivity index (χ2v) is 5.57. The summed E-state index contributed by atoms with van der Waals surface area (Å²) in [6.07, 6.45) is 0.785. The average molecular weight is 307 g/mol. The summed E-state index contributed by atoms with van der Waals surface area (Å²) in [5.41, 5.74) is 6.15. The van der Waals surface area contributed by atoms with E-state index in [0.717, 1.165) is 18.5 Å². The van der Waals surface area contributed by atoms with E-state index >= 15 is 0 Å². The molecule has 1 fully saturated rings. The molecule has 1 atom stereocenters. The van der Waals surface area contributed by atoms with Gasteiger partial charge >= 0.3 is 0 Å². The summed E-state index contributed by atoms with van der Waals surface area (Å²) >= 11 is 5.85. The summed E-state index contributed by atoms with van der Waals surface area (Å²) in [5.74, 6) is 0.672. The Morgan fingerprint density at radius 3 is 2.81 bits per heavy atom. The number of halogens is 1. The van der Waals surface area contributed by atoms with Crippen molar-refractivity contribution in [1.82, 2.24) is 15.1 Å². The Kier molecular flexibility index (Phi) is 3.90. The second kappa shape index (κ2) is 5.83. The van der Waals surface area contributed by atoms with Crippen LogP contribution in [0.5, 0.6) is 0 Å². The topological polar surface area (TPSA) is 85.3 Å². The van der Waals surface area contributed by atoms with Crippen LogP contribution in [0.3, 0.4) is 0 Å². The summed E-state index contributed by atoms with van der Waals surface area (Å²) in [5, 5.41) is 8.74. The van der Waals surface area contributed by atoms with Gasteiger partial charge in [-0.05, 0) is 37.2 Å². The van der Waals surface area contributed by atoms with E-state index in [-0.39, 0.29) is 11.8 Å². The largest absolute Gasteiger partial charge is 0.419 e. The molecule has 2 heterocycles. The Morgan fingerprint density at radius 1 is 1.38 bits per heavy atom. The van der Waals surface area contributed by atoms with Crippen molar-refractivity contribution in [3.63, 3.8) is 0 Å². The minimum Gasteiger partial charge on any atom is -0.419 e. The number of primary amides is 1. The molecule has 1 aliphatic heterocycles. The molecule has 2 N–H and O–H groups in total. The van der Waals surface area contributed by atoms with Crippen LogP contribution in [0.15, 0.2) is 28.7 Å². The molecule has 0 bridgehead atoms. The van der Waals surface area contributed by atoms with Crippen molar-refractivity contribution in [2.45, 2.75) is 13.0 Å². The predicted octanol–water partition coefficient (Wildman–Crippen LogP) is 1.70. The molecular weight excluding hydrogens is 292 g/mol. The lowest BCUT2D eigenvalue weighted by molar-refractivity contribution is -0.121. The van der Waals surface area contributed by atoms with Crippen LogP contribution in [0.4, 0.5) is 0 Å². The van der Waals surface area contributed by atoms with Crippen molar-refractivity contribution < 1.29 is 9.21 Å². The molecule has 1 amide bonds. The minimum atomic E-state index is -0.245. The zero-order chi connectivity index (χ0) is 14.8. The number of benzene rings is 1. The third kappa shape index (κ3) is 3.22. The number of carbonyl (C=O) groups is 1. The van der Waals surface area contributed by atoms with Crippen LogP contribution >= 0.6 is 11.6 Å². The first-order chi connectivity index (χ1) is 10.1. The van der Waals surface area contributed by atoms with Crippen LogP contribution in [0, 0.1) is 5.92 Å². The highest BCUT2D eigenvalue weighted by Crippen LogP contribution is 2.22. The van der Waals surface area contributed by atoms with E-state index in [4.69, 9.17) is 21.8 Å². The maximum absolute atomic E-state index is 11.1. The molecular formula is C14H15ClN4O2. The van der Waals surface area contributed by atoms with E-state index in [9.17, 15) is 4.79 Å². The Balaban J connectivity index is 1.66. The minimum absolute atomic E-state index is 0.0799. The van der Waals surface area contributed by atoms with Gasteiger partial charge in [0.2, 0.25) is 17.7 Å². The van der Waals surface area contributed by atoms with Crippen molar-refractivity contribution in [2.24, 2.45) is 11.7 Å². The smallest absolute Gasteiger partial charge is 0.247 e. The standard InChI is InChI=1S/C14H15ClN4O2/c15-11-3-1-9(2-4-11)14-18-17-12(21-14)8-19-6-5-10(7-19)13(16)20/h1-4,10H,5-8H2,(H2,16,20). The molecule has 0 aliphatic carbocycles. The summed E-state index contributed by atoms with van der Waals surface area (Å²) in [6.45, 7) is 1.99. The van der Waals surface area contributed by atoms with Gasteiger partial charge in [0.05, 0.1) is 12.5 Å². The lowest BCUT2D eigenvalue weighted by Gasteiger charge is -2.11. The van der Waals surface area contributed by atoms with Crippen LogP contribution in [0.2, 0.25) is 5.02 Å². The SMILES string of the molecule is NC(=O)C1CCN(Cc2nnc(-c3ccc(Cl)cc3)o2)C1. The van der Waals surface area contributed by atoms with Crippen molar-refractivity contribution in [3.8, 4) is 11.5 Å². The maximum atomic E-state index is 11.1. The fourth-order valence-corrected chi connectivity index (χ4v) is 2.55. The first-order valence-electron chi connectivity index (χ1n) is 6.72. The average Bonchev–Trinajstić information content (AvgIpc) is 3.10. The third-order valence-corrected chi connectivity index (χ3v) is 3.84. The van der Waals surface area contributed by atoms with Crippen LogP contribution in [-0.2, 0) is 11.3 Å². The quantitative estimate of drug-likeness (QED) is 0.929. The van der Waals surface area contributed by atoms with Gasteiger partial charge in [-0.3, -0.25) is 9.69 Å². The van der Waals surface area contributed by atoms with Gasteiger partial charge in [0.15, 0.2) is 0 Å². The Labute approximate surface area is 126 Å². The Hall–Kier alpha value is -1.92. The molecule has 0 saturated carbocycles. The first kappa shape index (κ1) is 14.0. The van der Waals surface area contributed by atoms with Gasteiger partial charge in [-0.25, -0.2) is 0 Å². The van der Waals surface area contributed by atoms with E-state index < -0.39 is 0 Å². The molecule has 2 aromatic rings. The molecule has 1 unspecified atom stereocenters. The molecule has 6 nitrogen and oxygen atoms in total. The fourth-order valence-electron chi connectivity index (χ4n) is 2.43. The number of nitrogens with zero attached hydrogens (tertiary/aromatic N) is 3. The molecule has 7 heteroatoms.